The zero-order valence-corrected chi connectivity index (χ0v) is 12.3. The van der Waals surface area contributed by atoms with Crippen LogP contribution >= 0.6 is 0 Å². The van der Waals surface area contributed by atoms with Crippen LogP contribution in [-0.4, -0.2) is 25.5 Å². The van der Waals surface area contributed by atoms with Gasteiger partial charge in [0.2, 0.25) is 0 Å². The average Bonchev–Trinajstić information content (AvgIpc) is 3.06. The standard InChI is InChI=1S/C16H18N2O4/c1-21-14-4-2-12(3-5-14)10-18-16(20)15(19)17-8-6-13-7-9-22-11-13/h2-5,7,9,11H,6,8,10H2,1H3,(H,17,19)(H,18,20). The lowest BCUT2D eigenvalue weighted by molar-refractivity contribution is -0.139. The van der Waals surface area contributed by atoms with E-state index in [0.29, 0.717) is 13.0 Å². The SMILES string of the molecule is COc1ccc(CNC(=O)C(=O)NCCc2ccoc2)cc1. The molecular weight excluding hydrogens is 284 g/mol. The summed E-state index contributed by atoms with van der Waals surface area (Å²) in [6.07, 6.45) is 3.79. The molecule has 0 atom stereocenters. The molecule has 2 aromatic rings. The van der Waals surface area contributed by atoms with Crippen LogP contribution in [0.25, 0.3) is 0 Å². The molecule has 0 aliphatic rings. The quantitative estimate of drug-likeness (QED) is 0.787. The number of hydrogen-bond donors (Lipinski definition) is 2. The number of methoxy groups -OCH3 is 1. The molecule has 0 aliphatic carbocycles. The molecule has 0 saturated carbocycles. The van der Waals surface area contributed by atoms with Crippen LogP contribution in [0.4, 0.5) is 0 Å². The number of rotatable bonds is 6. The van der Waals surface area contributed by atoms with Gasteiger partial charge in [0, 0.05) is 13.1 Å². The highest BCUT2D eigenvalue weighted by Crippen LogP contribution is 2.10. The maximum atomic E-state index is 11.7. The first kappa shape index (κ1) is 15.6. The third-order valence-electron chi connectivity index (χ3n) is 3.10. The van der Waals surface area contributed by atoms with E-state index in [1.807, 2.05) is 18.2 Å². The molecule has 2 amide bonds. The third-order valence-corrected chi connectivity index (χ3v) is 3.10. The highest BCUT2D eigenvalue weighted by molar-refractivity contribution is 6.35. The van der Waals surface area contributed by atoms with Crippen molar-refractivity contribution < 1.29 is 18.7 Å². The lowest BCUT2D eigenvalue weighted by atomic mass is 10.2. The Balaban J connectivity index is 1.70. The van der Waals surface area contributed by atoms with Gasteiger partial charge in [-0.3, -0.25) is 9.59 Å². The van der Waals surface area contributed by atoms with Crippen LogP contribution in [0.15, 0.2) is 47.3 Å². The molecule has 2 rings (SSSR count). The maximum absolute atomic E-state index is 11.7. The van der Waals surface area contributed by atoms with E-state index in [1.165, 1.54) is 0 Å². The van der Waals surface area contributed by atoms with Crippen LogP contribution < -0.4 is 15.4 Å². The summed E-state index contributed by atoms with van der Waals surface area (Å²) in [6.45, 7) is 0.673. The Kier molecular flexibility index (Phi) is 5.59. The molecular formula is C16H18N2O4. The molecule has 1 aromatic heterocycles. The van der Waals surface area contributed by atoms with Crippen molar-refractivity contribution in [1.29, 1.82) is 0 Å². The molecule has 0 bridgehead atoms. The Hall–Kier alpha value is -2.76. The minimum Gasteiger partial charge on any atom is -0.497 e. The van der Waals surface area contributed by atoms with Gasteiger partial charge in [0.15, 0.2) is 0 Å². The fourth-order valence-electron chi connectivity index (χ4n) is 1.84. The minimum absolute atomic E-state index is 0.290. The molecule has 0 fully saturated rings. The molecule has 6 heteroatoms. The summed E-state index contributed by atoms with van der Waals surface area (Å²) >= 11 is 0. The van der Waals surface area contributed by atoms with E-state index in [9.17, 15) is 9.59 Å². The van der Waals surface area contributed by atoms with Crippen LogP contribution in [0.1, 0.15) is 11.1 Å². The fraction of sp³-hybridized carbons (Fsp3) is 0.250. The number of hydrogen-bond acceptors (Lipinski definition) is 4. The van der Waals surface area contributed by atoms with Gasteiger partial charge in [-0.15, -0.1) is 0 Å². The second-order valence-corrected chi connectivity index (χ2v) is 4.67. The molecule has 0 aliphatic heterocycles. The number of carbonyl (C=O) groups is 2. The molecule has 0 radical (unpaired) electrons. The highest BCUT2D eigenvalue weighted by Gasteiger charge is 2.12. The monoisotopic (exact) mass is 302 g/mol. The van der Waals surface area contributed by atoms with Crippen LogP contribution in [0.3, 0.4) is 0 Å². The van der Waals surface area contributed by atoms with Gasteiger partial charge in [-0.1, -0.05) is 12.1 Å². The Morgan fingerprint density at radius 2 is 1.77 bits per heavy atom. The van der Waals surface area contributed by atoms with E-state index in [0.717, 1.165) is 16.9 Å². The first-order valence-corrected chi connectivity index (χ1v) is 6.89. The van der Waals surface area contributed by atoms with Gasteiger partial charge in [-0.25, -0.2) is 0 Å². The third kappa shape index (κ3) is 4.66. The highest BCUT2D eigenvalue weighted by atomic mass is 16.5. The normalized spacial score (nSPS) is 10.0. The fourth-order valence-corrected chi connectivity index (χ4v) is 1.84. The summed E-state index contributed by atoms with van der Waals surface area (Å²) < 4.78 is 9.97. The molecule has 0 unspecified atom stereocenters. The Morgan fingerprint density at radius 1 is 1.05 bits per heavy atom. The Morgan fingerprint density at radius 3 is 2.41 bits per heavy atom. The lowest BCUT2D eigenvalue weighted by Gasteiger charge is -2.07. The Labute approximate surface area is 128 Å². The van der Waals surface area contributed by atoms with Crippen molar-refractivity contribution >= 4 is 11.8 Å². The summed E-state index contributed by atoms with van der Waals surface area (Å²) in [5.41, 5.74) is 1.86. The Bertz CT molecular complexity index is 606. The van der Waals surface area contributed by atoms with Crippen LogP contribution in [0, 0.1) is 0 Å². The number of furan rings is 1. The average molecular weight is 302 g/mol. The molecule has 2 N–H and O–H groups in total. The van der Waals surface area contributed by atoms with Crippen molar-refractivity contribution in [3.05, 3.63) is 54.0 Å². The van der Waals surface area contributed by atoms with E-state index >= 15 is 0 Å². The summed E-state index contributed by atoms with van der Waals surface area (Å²) in [5.74, 6) is -0.549. The van der Waals surface area contributed by atoms with Crippen LogP contribution in [0.5, 0.6) is 5.75 Å². The predicted molar refractivity (Wildman–Crippen MR) is 80.3 cm³/mol. The maximum Gasteiger partial charge on any atom is 0.309 e. The van der Waals surface area contributed by atoms with Crippen molar-refractivity contribution in [3.8, 4) is 5.75 Å². The first-order valence-electron chi connectivity index (χ1n) is 6.89. The topological polar surface area (TPSA) is 80.6 Å². The summed E-state index contributed by atoms with van der Waals surface area (Å²) in [4.78, 5) is 23.3. The number of ether oxygens (including phenoxy) is 1. The number of amides is 2. The summed E-state index contributed by atoms with van der Waals surface area (Å²) in [5, 5.41) is 5.13. The predicted octanol–water partition coefficient (Wildman–Crippen LogP) is 1.26. The zero-order chi connectivity index (χ0) is 15.8. The smallest absolute Gasteiger partial charge is 0.309 e. The van der Waals surface area contributed by atoms with E-state index in [1.54, 1.807) is 31.8 Å². The van der Waals surface area contributed by atoms with E-state index in [4.69, 9.17) is 9.15 Å². The van der Waals surface area contributed by atoms with E-state index in [-0.39, 0.29) is 6.54 Å². The van der Waals surface area contributed by atoms with Gasteiger partial charge < -0.3 is 19.8 Å². The van der Waals surface area contributed by atoms with Gasteiger partial charge >= 0.3 is 11.8 Å². The van der Waals surface area contributed by atoms with Crippen molar-refractivity contribution in [3.63, 3.8) is 0 Å². The van der Waals surface area contributed by atoms with Gasteiger partial charge in [0.05, 0.1) is 19.6 Å². The number of benzene rings is 1. The molecule has 1 aromatic carbocycles. The van der Waals surface area contributed by atoms with Crippen molar-refractivity contribution in [1.82, 2.24) is 10.6 Å². The molecule has 1 heterocycles. The lowest BCUT2D eigenvalue weighted by Crippen LogP contribution is -2.40. The van der Waals surface area contributed by atoms with Crippen molar-refractivity contribution in [2.75, 3.05) is 13.7 Å². The second-order valence-electron chi connectivity index (χ2n) is 4.67. The molecule has 116 valence electrons. The van der Waals surface area contributed by atoms with Crippen LogP contribution in [0.2, 0.25) is 0 Å². The molecule has 6 nitrogen and oxygen atoms in total. The van der Waals surface area contributed by atoms with Gasteiger partial charge in [0.1, 0.15) is 5.75 Å². The van der Waals surface area contributed by atoms with Crippen molar-refractivity contribution in [2.45, 2.75) is 13.0 Å². The van der Waals surface area contributed by atoms with Gasteiger partial charge in [0.25, 0.3) is 0 Å². The largest absolute Gasteiger partial charge is 0.497 e. The van der Waals surface area contributed by atoms with Crippen molar-refractivity contribution in [2.24, 2.45) is 0 Å². The number of nitrogens with one attached hydrogen (secondary N) is 2. The van der Waals surface area contributed by atoms with Gasteiger partial charge in [-0.2, -0.15) is 0 Å². The molecule has 0 spiro atoms. The second kappa shape index (κ2) is 7.87. The summed E-state index contributed by atoms with van der Waals surface area (Å²) in [7, 11) is 1.59. The van der Waals surface area contributed by atoms with Crippen LogP contribution in [-0.2, 0) is 22.6 Å². The summed E-state index contributed by atoms with van der Waals surface area (Å²) in [6, 6.07) is 9.07. The minimum atomic E-state index is -0.650. The zero-order valence-electron chi connectivity index (χ0n) is 12.3. The van der Waals surface area contributed by atoms with E-state index in [2.05, 4.69) is 10.6 Å². The van der Waals surface area contributed by atoms with Gasteiger partial charge in [-0.05, 0) is 35.7 Å². The number of carbonyl (C=O) groups excluding carboxylic acids is 2. The molecule has 0 saturated heterocycles. The first-order chi connectivity index (χ1) is 10.7. The molecule has 22 heavy (non-hydrogen) atoms. The van der Waals surface area contributed by atoms with E-state index < -0.39 is 11.8 Å².